The number of carbonyl (C=O) groups excluding carboxylic acids is 1. The summed E-state index contributed by atoms with van der Waals surface area (Å²) in [5.74, 6) is 1.16. The molecule has 1 unspecified atom stereocenters. The number of amides is 1. The van der Waals surface area contributed by atoms with E-state index in [0.717, 1.165) is 22.7 Å². The molecule has 3 N–H and O–H groups in total. The zero-order valence-corrected chi connectivity index (χ0v) is 17.5. The van der Waals surface area contributed by atoms with Gasteiger partial charge in [-0.2, -0.15) is 0 Å². The number of furan rings is 1. The molecule has 1 atom stereocenters. The van der Waals surface area contributed by atoms with Crippen LogP contribution >= 0.6 is 0 Å². The molecule has 0 radical (unpaired) electrons. The first kappa shape index (κ1) is 21.8. The second-order valence-electron chi connectivity index (χ2n) is 7.42. The number of ether oxygens (including phenoxy) is 1. The minimum absolute atomic E-state index is 0.0289. The molecule has 0 bridgehead atoms. The van der Waals surface area contributed by atoms with Gasteiger partial charge in [0.1, 0.15) is 18.2 Å². The van der Waals surface area contributed by atoms with Gasteiger partial charge < -0.3 is 29.3 Å². The first-order valence-corrected chi connectivity index (χ1v) is 10.3. The molecular formula is C24H25N3O5. The van der Waals surface area contributed by atoms with Crippen molar-refractivity contribution in [3.05, 3.63) is 89.6 Å². The van der Waals surface area contributed by atoms with Gasteiger partial charge in [0.25, 0.3) is 5.91 Å². The molecule has 4 aromatic rings. The van der Waals surface area contributed by atoms with Crippen molar-refractivity contribution >= 4 is 16.9 Å². The number of nitrogens with one attached hydrogen (secondary N) is 1. The highest BCUT2D eigenvalue weighted by atomic mass is 16.5. The number of fused-ring (bicyclic) bond motifs is 1. The minimum atomic E-state index is -0.997. The second kappa shape index (κ2) is 10.2. The van der Waals surface area contributed by atoms with E-state index in [1.165, 1.54) is 0 Å². The molecule has 0 aliphatic carbocycles. The van der Waals surface area contributed by atoms with Crippen molar-refractivity contribution in [1.82, 2.24) is 14.9 Å². The number of rotatable bonds is 10. The van der Waals surface area contributed by atoms with Crippen LogP contribution in [0.5, 0.6) is 0 Å². The molecule has 0 aliphatic rings. The van der Waals surface area contributed by atoms with Crippen LogP contribution in [0.2, 0.25) is 0 Å². The lowest BCUT2D eigenvalue weighted by atomic mass is 10.2. The molecule has 2 aromatic heterocycles. The topological polar surface area (TPSA) is 110 Å². The Hall–Kier alpha value is -3.46. The van der Waals surface area contributed by atoms with E-state index in [4.69, 9.17) is 19.2 Å². The maximum atomic E-state index is 12.4. The van der Waals surface area contributed by atoms with Crippen molar-refractivity contribution in [3.63, 3.8) is 0 Å². The molecule has 8 nitrogen and oxygen atoms in total. The third kappa shape index (κ3) is 5.23. The van der Waals surface area contributed by atoms with Gasteiger partial charge in [0.05, 0.1) is 43.2 Å². The summed E-state index contributed by atoms with van der Waals surface area (Å²) in [5, 5.41) is 21.0. The van der Waals surface area contributed by atoms with Crippen LogP contribution in [0.1, 0.15) is 27.5 Å². The SMILES string of the molecule is O=C(NCC(O)CO)c1ccc2c(c1)nc(COCc1ccccc1)n2Cc1ccco1. The molecule has 0 saturated heterocycles. The quantitative estimate of drug-likeness (QED) is 0.353. The molecule has 0 spiro atoms. The summed E-state index contributed by atoms with van der Waals surface area (Å²) < 4.78 is 13.4. The van der Waals surface area contributed by atoms with Crippen LogP contribution in [0.25, 0.3) is 11.0 Å². The molecule has 4 rings (SSSR count). The summed E-state index contributed by atoms with van der Waals surface area (Å²) in [6, 6.07) is 18.9. The van der Waals surface area contributed by atoms with E-state index in [9.17, 15) is 9.90 Å². The fraction of sp³-hybridized carbons (Fsp3) is 0.250. The Morgan fingerprint density at radius 3 is 2.72 bits per heavy atom. The van der Waals surface area contributed by atoms with Gasteiger partial charge >= 0.3 is 0 Å². The van der Waals surface area contributed by atoms with E-state index in [1.807, 2.05) is 53.1 Å². The van der Waals surface area contributed by atoms with E-state index in [2.05, 4.69) is 5.32 Å². The Morgan fingerprint density at radius 2 is 1.97 bits per heavy atom. The predicted octanol–water partition coefficient (Wildman–Crippen LogP) is 2.48. The number of benzene rings is 2. The van der Waals surface area contributed by atoms with Crippen LogP contribution in [0.3, 0.4) is 0 Å². The third-order valence-electron chi connectivity index (χ3n) is 5.04. The number of nitrogens with zero attached hydrogens (tertiary/aromatic N) is 2. The van der Waals surface area contributed by atoms with E-state index in [-0.39, 0.29) is 12.5 Å². The molecule has 8 heteroatoms. The Labute approximate surface area is 185 Å². The summed E-state index contributed by atoms with van der Waals surface area (Å²) in [4.78, 5) is 17.1. The molecule has 2 aromatic carbocycles. The summed E-state index contributed by atoms with van der Waals surface area (Å²) in [5.41, 5.74) is 3.00. The molecule has 1 amide bonds. The van der Waals surface area contributed by atoms with E-state index in [1.54, 1.807) is 18.4 Å². The Balaban J connectivity index is 1.56. The lowest BCUT2D eigenvalue weighted by Gasteiger charge is -2.10. The van der Waals surface area contributed by atoms with Crippen LogP contribution < -0.4 is 5.32 Å². The van der Waals surface area contributed by atoms with E-state index < -0.39 is 12.7 Å². The van der Waals surface area contributed by atoms with Gasteiger partial charge in [0, 0.05) is 12.1 Å². The smallest absolute Gasteiger partial charge is 0.251 e. The van der Waals surface area contributed by atoms with Gasteiger partial charge in [-0.1, -0.05) is 30.3 Å². The van der Waals surface area contributed by atoms with E-state index >= 15 is 0 Å². The number of aliphatic hydroxyl groups excluding tert-OH is 2. The average molecular weight is 435 g/mol. The second-order valence-corrected chi connectivity index (χ2v) is 7.42. The van der Waals surface area contributed by atoms with Gasteiger partial charge in [-0.15, -0.1) is 0 Å². The Bertz CT molecular complexity index is 1160. The minimum Gasteiger partial charge on any atom is -0.467 e. The zero-order valence-electron chi connectivity index (χ0n) is 17.5. The standard InChI is InChI=1S/C24H25N3O5/c28-14-19(29)12-25-24(30)18-8-9-22-21(11-18)26-23(27(22)13-20-7-4-10-32-20)16-31-15-17-5-2-1-3-6-17/h1-11,19,28-29H,12-16H2,(H,25,30). The molecular weight excluding hydrogens is 410 g/mol. The van der Waals surface area contributed by atoms with Crippen molar-refractivity contribution in [3.8, 4) is 0 Å². The fourth-order valence-electron chi connectivity index (χ4n) is 3.38. The van der Waals surface area contributed by atoms with Gasteiger partial charge in [0.15, 0.2) is 0 Å². The summed E-state index contributed by atoms with van der Waals surface area (Å²) in [7, 11) is 0. The van der Waals surface area contributed by atoms with Crippen molar-refractivity contribution in [1.29, 1.82) is 0 Å². The Kier molecular flexibility index (Phi) is 6.96. The van der Waals surface area contributed by atoms with Crippen molar-refractivity contribution < 1.29 is 24.2 Å². The van der Waals surface area contributed by atoms with Crippen LogP contribution in [-0.4, -0.2) is 44.9 Å². The normalized spacial score (nSPS) is 12.2. The summed E-state index contributed by atoms with van der Waals surface area (Å²) in [6.07, 6.45) is 0.632. The maximum Gasteiger partial charge on any atom is 0.251 e. The predicted molar refractivity (Wildman–Crippen MR) is 118 cm³/mol. The number of carbonyl (C=O) groups is 1. The average Bonchev–Trinajstić information content (AvgIpc) is 3.46. The largest absolute Gasteiger partial charge is 0.467 e. The number of imidazole rings is 1. The zero-order chi connectivity index (χ0) is 22.3. The number of aromatic nitrogens is 2. The monoisotopic (exact) mass is 435 g/mol. The number of hydrogen-bond donors (Lipinski definition) is 3. The van der Waals surface area contributed by atoms with Crippen LogP contribution in [0.4, 0.5) is 0 Å². The molecule has 166 valence electrons. The van der Waals surface area contributed by atoms with Crippen LogP contribution in [0.15, 0.2) is 71.3 Å². The van der Waals surface area contributed by atoms with Crippen LogP contribution in [-0.2, 0) is 24.5 Å². The molecule has 0 saturated carbocycles. The fourth-order valence-corrected chi connectivity index (χ4v) is 3.38. The molecule has 0 fully saturated rings. The first-order valence-electron chi connectivity index (χ1n) is 10.3. The highest BCUT2D eigenvalue weighted by Gasteiger charge is 2.16. The van der Waals surface area contributed by atoms with Crippen LogP contribution in [0, 0.1) is 0 Å². The summed E-state index contributed by atoms with van der Waals surface area (Å²) in [6.45, 7) is 0.809. The third-order valence-corrected chi connectivity index (χ3v) is 5.04. The van der Waals surface area contributed by atoms with Gasteiger partial charge in [-0.3, -0.25) is 4.79 Å². The number of hydrogen-bond acceptors (Lipinski definition) is 6. The van der Waals surface area contributed by atoms with Crippen molar-refractivity contribution in [2.75, 3.05) is 13.2 Å². The summed E-state index contributed by atoms with van der Waals surface area (Å²) >= 11 is 0. The molecule has 32 heavy (non-hydrogen) atoms. The van der Waals surface area contributed by atoms with Crippen molar-refractivity contribution in [2.24, 2.45) is 0 Å². The van der Waals surface area contributed by atoms with Gasteiger partial charge in [-0.05, 0) is 35.9 Å². The maximum absolute atomic E-state index is 12.4. The highest BCUT2D eigenvalue weighted by molar-refractivity contribution is 5.97. The Morgan fingerprint density at radius 1 is 1.12 bits per heavy atom. The van der Waals surface area contributed by atoms with Crippen molar-refractivity contribution in [2.45, 2.75) is 25.9 Å². The molecule has 0 aliphatic heterocycles. The lowest BCUT2D eigenvalue weighted by molar-refractivity contribution is 0.0802. The molecule has 2 heterocycles. The first-order chi connectivity index (χ1) is 15.6. The van der Waals surface area contributed by atoms with E-state index in [0.29, 0.717) is 30.8 Å². The highest BCUT2D eigenvalue weighted by Crippen LogP contribution is 2.21. The van der Waals surface area contributed by atoms with Gasteiger partial charge in [0.2, 0.25) is 0 Å². The number of aliphatic hydroxyl groups is 2. The van der Waals surface area contributed by atoms with Gasteiger partial charge in [-0.25, -0.2) is 4.98 Å². The lowest BCUT2D eigenvalue weighted by Crippen LogP contribution is -2.33.